The van der Waals surface area contributed by atoms with Crippen molar-refractivity contribution in [3.63, 3.8) is 0 Å². The highest BCUT2D eigenvalue weighted by atomic mass is 15.0. The van der Waals surface area contributed by atoms with Crippen LogP contribution in [0.15, 0.2) is 24.5 Å². The Labute approximate surface area is 77.2 Å². The molecule has 13 heavy (non-hydrogen) atoms. The highest BCUT2D eigenvalue weighted by Crippen LogP contribution is 2.22. The van der Waals surface area contributed by atoms with E-state index < -0.39 is 0 Å². The Morgan fingerprint density at radius 1 is 1.38 bits per heavy atom. The van der Waals surface area contributed by atoms with Crippen molar-refractivity contribution in [2.75, 3.05) is 5.73 Å². The molecular weight excluding hydrogens is 162 g/mol. The first-order valence-corrected chi connectivity index (χ1v) is 4.41. The number of hydrogen-bond donors (Lipinski definition) is 1. The molecule has 0 saturated heterocycles. The molecule has 0 amide bonds. The number of aromatic nitrogens is 2. The van der Waals surface area contributed by atoms with Crippen molar-refractivity contribution in [3.8, 4) is 0 Å². The van der Waals surface area contributed by atoms with Crippen LogP contribution in [-0.4, -0.2) is 9.55 Å². The Morgan fingerprint density at radius 3 is 2.85 bits per heavy atom. The molecule has 0 unspecified atom stereocenters. The molecule has 0 aliphatic carbocycles. The van der Waals surface area contributed by atoms with Gasteiger partial charge in [0.1, 0.15) is 5.65 Å². The summed E-state index contributed by atoms with van der Waals surface area (Å²) in [7, 11) is 0. The van der Waals surface area contributed by atoms with Gasteiger partial charge in [-0.1, -0.05) is 0 Å². The van der Waals surface area contributed by atoms with Crippen molar-refractivity contribution in [1.82, 2.24) is 9.55 Å². The fourth-order valence-electron chi connectivity index (χ4n) is 1.50. The van der Waals surface area contributed by atoms with E-state index in [0.29, 0.717) is 6.04 Å². The van der Waals surface area contributed by atoms with Crippen molar-refractivity contribution in [3.05, 3.63) is 24.5 Å². The number of pyridine rings is 1. The average Bonchev–Trinajstić information content (AvgIpc) is 2.48. The fraction of sp³-hybridized carbons (Fsp3) is 0.300. The normalized spacial score (nSPS) is 11.3. The number of fused-ring (bicyclic) bond motifs is 1. The summed E-state index contributed by atoms with van der Waals surface area (Å²) in [6.07, 6.45) is 3.77. The minimum atomic E-state index is 0.423. The second-order valence-electron chi connectivity index (χ2n) is 3.45. The molecule has 0 bridgehead atoms. The molecule has 3 nitrogen and oxygen atoms in total. The predicted octanol–water partition coefficient (Wildman–Crippen LogP) is 2.20. The number of nitrogens with zero attached hydrogens (tertiary/aromatic N) is 2. The van der Waals surface area contributed by atoms with Gasteiger partial charge in [-0.2, -0.15) is 0 Å². The van der Waals surface area contributed by atoms with Crippen LogP contribution < -0.4 is 5.73 Å². The molecule has 0 saturated carbocycles. The maximum Gasteiger partial charge on any atom is 0.142 e. The van der Waals surface area contributed by atoms with E-state index in [-0.39, 0.29) is 0 Å². The lowest BCUT2D eigenvalue weighted by Crippen LogP contribution is -1.99. The first-order chi connectivity index (χ1) is 6.20. The van der Waals surface area contributed by atoms with E-state index in [2.05, 4.69) is 23.4 Å². The summed E-state index contributed by atoms with van der Waals surface area (Å²) in [5, 5.41) is 1.04. The molecule has 0 aromatic carbocycles. The van der Waals surface area contributed by atoms with E-state index in [9.17, 15) is 0 Å². The molecule has 0 fully saturated rings. The molecule has 0 aliphatic rings. The highest BCUT2D eigenvalue weighted by molar-refractivity contribution is 5.88. The standard InChI is InChI=1S/C10H13N3/c1-7(2)13-6-4-8-9(11)3-5-12-10(8)13/h3-7H,1-2H3,(H2,11,12). The molecule has 2 aromatic heterocycles. The van der Waals surface area contributed by atoms with Crippen molar-refractivity contribution >= 4 is 16.7 Å². The molecule has 68 valence electrons. The molecule has 2 N–H and O–H groups in total. The SMILES string of the molecule is CC(C)n1ccc2c(N)ccnc21. The topological polar surface area (TPSA) is 43.8 Å². The maximum absolute atomic E-state index is 5.82. The largest absolute Gasteiger partial charge is 0.398 e. The molecule has 0 spiro atoms. The third kappa shape index (κ3) is 1.16. The molecule has 2 rings (SSSR count). The van der Waals surface area contributed by atoms with Crippen LogP contribution in [0, 0.1) is 0 Å². The average molecular weight is 175 g/mol. The van der Waals surface area contributed by atoms with Crippen LogP contribution >= 0.6 is 0 Å². The first-order valence-electron chi connectivity index (χ1n) is 4.41. The Kier molecular flexibility index (Phi) is 1.72. The van der Waals surface area contributed by atoms with E-state index in [1.807, 2.05) is 18.3 Å². The maximum atomic E-state index is 5.82. The van der Waals surface area contributed by atoms with Gasteiger partial charge in [-0.25, -0.2) is 4.98 Å². The van der Waals surface area contributed by atoms with E-state index in [0.717, 1.165) is 16.7 Å². The smallest absolute Gasteiger partial charge is 0.142 e. The van der Waals surface area contributed by atoms with Gasteiger partial charge in [0.05, 0.1) is 0 Å². The predicted molar refractivity (Wildman–Crippen MR) is 54.5 cm³/mol. The quantitative estimate of drug-likeness (QED) is 0.722. The number of nitrogen functional groups attached to an aromatic ring is 1. The lowest BCUT2D eigenvalue weighted by atomic mass is 10.3. The zero-order valence-electron chi connectivity index (χ0n) is 7.86. The molecule has 0 aliphatic heterocycles. The summed E-state index contributed by atoms with van der Waals surface area (Å²) in [6.45, 7) is 4.26. The van der Waals surface area contributed by atoms with Crippen LogP contribution in [0.2, 0.25) is 0 Å². The van der Waals surface area contributed by atoms with E-state index in [1.165, 1.54) is 0 Å². The van der Waals surface area contributed by atoms with Crippen molar-refractivity contribution in [2.24, 2.45) is 0 Å². The van der Waals surface area contributed by atoms with Crippen LogP contribution in [0.5, 0.6) is 0 Å². The van der Waals surface area contributed by atoms with Crippen LogP contribution in [0.25, 0.3) is 11.0 Å². The Bertz CT molecular complexity index is 429. The summed E-state index contributed by atoms with van der Waals surface area (Å²) < 4.78 is 2.12. The number of hydrogen-bond acceptors (Lipinski definition) is 2. The molecular formula is C10H13N3. The molecule has 2 aromatic rings. The molecule has 2 heterocycles. The second-order valence-corrected chi connectivity index (χ2v) is 3.45. The van der Waals surface area contributed by atoms with Gasteiger partial charge in [-0.3, -0.25) is 0 Å². The van der Waals surface area contributed by atoms with Gasteiger partial charge in [0.2, 0.25) is 0 Å². The van der Waals surface area contributed by atoms with Gasteiger partial charge in [0, 0.05) is 29.5 Å². The summed E-state index contributed by atoms with van der Waals surface area (Å²) >= 11 is 0. The van der Waals surface area contributed by atoms with E-state index >= 15 is 0 Å². The Balaban J connectivity index is 2.75. The van der Waals surface area contributed by atoms with Crippen molar-refractivity contribution in [2.45, 2.75) is 19.9 Å². The molecule has 0 atom stereocenters. The van der Waals surface area contributed by atoms with Crippen LogP contribution in [0.4, 0.5) is 5.69 Å². The summed E-state index contributed by atoms with van der Waals surface area (Å²) in [6, 6.07) is 4.26. The van der Waals surface area contributed by atoms with Gasteiger partial charge >= 0.3 is 0 Å². The lowest BCUT2D eigenvalue weighted by molar-refractivity contribution is 0.618. The molecule has 3 heteroatoms. The molecule has 0 radical (unpaired) electrons. The summed E-state index contributed by atoms with van der Waals surface area (Å²) in [4.78, 5) is 4.31. The number of rotatable bonds is 1. The van der Waals surface area contributed by atoms with E-state index in [1.54, 1.807) is 6.20 Å². The van der Waals surface area contributed by atoms with Crippen LogP contribution in [-0.2, 0) is 0 Å². The van der Waals surface area contributed by atoms with Gasteiger partial charge in [-0.05, 0) is 26.0 Å². The van der Waals surface area contributed by atoms with Gasteiger partial charge < -0.3 is 10.3 Å². The van der Waals surface area contributed by atoms with Gasteiger partial charge in [0.15, 0.2) is 0 Å². The van der Waals surface area contributed by atoms with Crippen LogP contribution in [0.1, 0.15) is 19.9 Å². The third-order valence-corrected chi connectivity index (χ3v) is 2.21. The second kappa shape index (κ2) is 2.76. The number of anilines is 1. The third-order valence-electron chi connectivity index (χ3n) is 2.21. The van der Waals surface area contributed by atoms with Crippen LogP contribution in [0.3, 0.4) is 0 Å². The Hall–Kier alpha value is -1.51. The summed E-state index contributed by atoms with van der Waals surface area (Å²) in [5.41, 5.74) is 7.58. The zero-order valence-corrected chi connectivity index (χ0v) is 7.86. The van der Waals surface area contributed by atoms with Gasteiger partial charge in [-0.15, -0.1) is 0 Å². The monoisotopic (exact) mass is 175 g/mol. The Morgan fingerprint density at radius 2 is 2.15 bits per heavy atom. The van der Waals surface area contributed by atoms with Crippen molar-refractivity contribution < 1.29 is 0 Å². The minimum Gasteiger partial charge on any atom is -0.398 e. The zero-order chi connectivity index (χ0) is 9.42. The highest BCUT2D eigenvalue weighted by Gasteiger charge is 2.06. The van der Waals surface area contributed by atoms with Crippen molar-refractivity contribution in [1.29, 1.82) is 0 Å². The minimum absolute atomic E-state index is 0.423. The van der Waals surface area contributed by atoms with Gasteiger partial charge in [0.25, 0.3) is 0 Å². The first kappa shape index (κ1) is 8.10. The summed E-state index contributed by atoms with van der Waals surface area (Å²) in [5.74, 6) is 0. The number of nitrogens with two attached hydrogens (primary N) is 1. The fourth-order valence-corrected chi connectivity index (χ4v) is 1.50. The lowest BCUT2D eigenvalue weighted by Gasteiger charge is -2.07. The van der Waals surface area contributed by atoms with E-state index in [4.69, 9.17) is 5.73 Å².